The largest absolute Gasteiger partial charge is 0.320 e. The molecule has 0 bridgehead atoms. The van der Waals surface area contributed by atoms with E-state index in [2.05, 4.69) is 15.3 Å². The normalized spacial score (nSPS) is 11.7. The van der Waals surface area contributed by atoms with Crippen molar-refractivity contribution in [2.24, 2.45) is 5.73 Å². The minimum atomic E-state index is -0.451. The monoisotopic (exact) mass is 217 g/mol. The molecule has 2 rings (SSSR count). The molecular weight excluding hydrogens is 202 g/mol. The fourth-order valence-corrected chi connectivity index (χ4v) is 1.35. The van der Waals surface area contributed by atoms with Crippen molar-refractivity contribution in [3.05, 3.63) is 42.0 Å². The lowest BCUT2D eigenvalue weighted by molar-refractivity contribution is 0.533. The molecule has 2 aromatic rings. The summed E-state index contributed by atoms with van der Waals surface area (Å²) in [4.78, 5) is 4.05. The SMILES string of the molecule is CC(C)(N)c1cn(Cc2cccnc2)nn1. The highest BCUT2D eigenvalue weighted by Gasteiger charge is 2.18. The van der Waals surface area contributed by atoms with Crippen LogP contribution in [0, 0.1) is 0 Å². The molecule has 0 aromatic carbocycles. The van der Waals surface area contributed by atoms with Crippen LogP contribution in [0.5, 0.6) is 0 Å². The van der Waals surface area contributed by atoms with Crippen molar-refractivity contribution in [2.75, 3.05) is 0 Å². The number of aromatic nitrogens is 4. The first kappa shape index (κ1) is 10.8. The van der Waals surface area contributed by atoms with Gasteiger partial charge in [0.1, 0.15) is 5.69 Å². The molecule has 2 N–H and O–H groups in total. The second kappa shape index (κ2) is 4.02. The van der Waals surface area contributed by atoms with Gasteiger partial charge in [-0.25, -0.2) is 4.68 Å². The average molecular weight is 217 g/mol. The molecule has 0 saturated heterocycles. The van der Waals surface area contributed by atoms with Gasteiger partial charge in [-0.3, -0.25) is 4.98 Å². The Bertz CT molecular complexity index is 455. The van der Waals surface area contributed by atoms with Crippen LogP contribution in [0.15, 0.2) is 30.7 Å². The topological polar surface area (TPSA) is 69.6 Å². The van der Waals surface area contributed by atoms with Gasteiger partial charge >= 0.3 is 0 Å². The molecule has 16 heavy (non-hydrogen) atoms. The highest BCUT2D eigenvalue weighted by molar-refractivity contribution is 5.10. The number of hydrogen-bond donors (Lipinski definition) is 1. The fraction of sp³-hybridized carbons (Fsp3) is 0.364. The first-order chi connectivity index (χ1) is 7.55. The van der Waals surface area contributed by atoms with Crippen molar-refractivity contribution in [3.63, 3.8) is 0 Å². The van der Waals surface area contributed by atoms with Crippen LogP contribution in [0.2, 0.25) is 0 Å². The molecule has 2 heterocycles. The Morgan fingerprint density at radius 2 is 2.25 bits per heavy atom. The van der Waals surface area contributed by atoms with Crippen molar-refractivity contribution in [2.45, 2.75) is 25.9 Å². The van der Waals surface area contributed by atoms with Crippen LogP contribution in [-0.2, 0) is 12.1 Å². The lowest BCUT2D eigenvalue weighted by Crippen LogP contribution is -2.29. The molecule has 0 spiro atoms. The third-order valence-corrected chi connectivity index (χ3v) is 2.27. The lowest BCUT2D eigenvalue weighted by atomic mass is 10.0. The van der Waals surface area contributed by atoms with E-state index in [0.29, 0.717) is 6.54 Å². The van der Waals surface area contributed by atoms with Crippen molar-refractivity contribution in [1.29, 1.82) is 0 Å². The highest BCUT2D eigenvalue weighted by atomic mass is 15.4. The van der Waals surface area contributed by atoms with Crippen molar-refractivity contribution in [3.8, 4) is 0 Å². The van der Waals surface area contributed by atoms with Gasteiger partial charge < -0.3 is 5.73 Å². The lowest BCUT2D eigenvalue weighted by Gasteiger charge is -2.13. The van der Waals surface area contributed by atoms with E-state index in [0.717, 1.165) is 11.3 Å². The molecule has 0 aliphatic carbocycles. The number of pyridine rings is 1. The number of rotatable bonds is 3. The molecule has 84 valence electrons. The summed E-state index contributed by atoms with van der Waals surface area (Å²) >= 11 is 0. The predicted octanol–water partition coefficient (Wildman–Crippen LogP) is 0.915. The van der Waals surface area contributed by atoms with Crippen LogP contribution in [-0.4, -0.2) is 20.0 Å². The van der Waals surface area contributed by atoms with Crippen molar-refractivity contribution >= 4 is 0 Å². The van der Waals surface area contributed by atoms with Gasteiger partial charge in [0.2, 0.25) is 0 Å². The minimum Gasteiger partial charge on any atom is -0.320 e. The van der Waals surface area contributed by atoms with Gasteiger partial charge in [0.25, 0.3) is 0 Å². The van der Waals surface area contributed by atoms with Gasteiger partial charge in [-0.1, -0.05) is 11.3 Å². The summed E-state index contributed by atoms with van der Waals surface area (Å²) in [7, 11) is 0. The predicted molar refractivity (Wildman–Crippen MR) is 60.6 cm³/mol. The summed E-state index contributed by atoms with van der Waals surface area (Å²) < 4.78 is 1.76. The Hall–Kier alpha value is -1.75. The van der Waals surface area contributed by atoms with Crippen LogP contribution >= 0.6 is 0 Å². The zero-order valence-corrected chi connectivity index (χ0v) is 9.46. The van der Waals surface area contributed by atoms with Gasteiger partial charge in [0.05, 0.1) is 18.3 Å². The van der Waals surface area contributed by atoms with E-state index in [-0.39, 0.29) is 0 Å². The highest BCUT2D eigenvalue weighted by Crippen LogP contribution is 2.12. The van der Waals surface area contributed by atoms with Crippen LogP contribution in [0.4, 0.5) is 0 Å². The minimum absolute atomic E-state index is 0.451. The van der Waals surface area contributed by atoms with Gasteiger partial charge in [-0.2, -0.15) is 0 Å². The van der Waals surface area contributed by atoms with E-state index in [9.17, 15) is 0 Å². The Morgan fingerprint density at radius 3 is 2.81 bits per heavy atom. The van der Waals surface area contributed by atoms with Gasteiger partial charge in [-0.15, -0.1) is 5.10 Å². The van der Waals surface area contributed by atoms with Crippen molar-refractivity contribution in [1.82, 2.24) is 20.0 Å². The second-order valence-electron chi connectivity index (χ2n) is 4.38. The molecule has 2 aromatic heterocycles. The van der Waals surface area contributed by atoms with E-state index < -0.39 is 5.54 Å². The van der Waals surface area contributed by atoms with E-state index in [4.69, 9.17) is 5.73 Å². The summed E-state index contributed by atoms with van der Waals surface area (Å²) in [5.74, 6) is 0. The summed E-state index contributed by atoms with van der Waals surface area (Å²) in [6.45, 7) is 4.48. The second-order valence-corrected chi connectivity index (χ2v) is 4.38. The molecule has 0 radical (unpaired) electrons. The first-order valence-corrected chi connectivity index (χ1v) is 5.14. The Kier molecular flexibility index (Phi) is 2.70. The Labute approximate surface area is 94.3 Å². The quantitative estimate of drug-likeness (QED) is 0.829. The third-order valence-electron chi connectivity index (χ3n) is 2.27. The molecule has 5 heteroatoms. The van der Waals surface area contributed by atoms with Crippen LogP contribution in [0.25, 0.3) is 0 Å². The molecule has 0 fully saturated rings. The Balaban J connectivity index is 2.15. The van der Waals surface area contributed by atoms with Gasteiger partial charge in [0, 0.05) is 12.4 Å². The molecule has 0 aliphatic rings. The maximum absolute atomic E-state index is 5.94. The molecule has 0 amide bonds. The average Bonchev–Trinajstić information content (AvgIpc) is 2.67. The summed E-state index contributed by atoms with van der Waals surface area (Å²) in [6, 6.07) is 3.90. The standard InChI is InChI=1S/C11H15N5/c1-11(2,12)10-8-16(15-14-10)7-9-4-3-5-13-6-9/h3-6,8H,7,12H2,1-2H3. The Morgan fingerprint density at radius 1 is 1.44 bits per heavy atom. The van der Waals surface area contributed by atoms with E-state index in [1.54, 1.807) is 10.9 Å². The van der Waals surface area contributed by atoms with Crippen LogP contribution in [0.3, 0.4) is 0 Å². The first-order valence-electron chi connectivity index (χ1n) is 5.14. The zero-order valence-electron chi connectivity index (χ0n) is 9.46. The molecular formula is C11H15N5. The van der Waals surface area contributed by atoms with Crippen molar-refractivity contribution < 1.29 is 0 Å². The molecule has 0 unspecified atom stereocenters. The summed E-state index contributed by atoms with van der Waals surface area (Å²) in [5, 5.41) is 8.09. The van der Waals surface area contributed by atoms with E-state index in [1.165, 1.54) is 0 Å². The van der Waals surface area contributed by atoms with E-state index in [1.807, 2.05) is 38.4 Å². The number of nitrogens with zero attached hydrogens (tertiary/aromatic N) is 4. The molecule has 0 aliphatic heterocycles. The number of hydrogen-bond acceptors (Lipinski definition) is 4. The van der Waals surface area contributed by atoms with Gasteiger partial charge in [-0.05, 0) is 25.5 Å². The van der Waals surface area contributed by atoms with Crippen LogP contribution < -0.4 is 5.73 Å². The van der Waals surface area contributed by atoms with Gasteiger partial charge in [0.15, 0.2) is 0 Å². The van der Waals surface area contributed by atoms with E-state index >= 15 is 0 Å². The third kappa shape index (κ3) is 2.43. The summed E-state index contributed by atoms with van der Waals surface area (Å²) in [6.07, 6.45) is 5.43. The zero-order chi connectivity index (χ0) is 11.6. The van der Waals surface area contributed by atoms with Crippen LogP contribution in [0.1, 0.15) is 25.1 Å². The maximum Gasteiger partial charge on any atom is 0.102 e. The molecule has 0 saturated carbocycles. The molecule has 5 nitrogen and oxygen atoms in total. The summed E-state index contributed by atoms with van der Waals surface area (Å²) in [5.41, 5.74) is 7.36. The smallest absolute Gasteiger partial charge is 0.102 e. The maximum atomic E-state index is 5.94. The number of nitrogens with two attached hydrogens (primary N) is 1. The molecule has 0 atom stereocenters. The fourth-order valence-electron chi connectivity index (χ4n) is 1.35.